The topological polar surface area (TPSA) is 52.6 Å². The number of ether oxygens (including phenoxy) is 2. The van der Waals surface area contributed by atoms with E-state index in [4.69, 9.17) is 16.3 Å². The summed E-state index contributed by atoms with van der Waals surface area (Å²) in [4.78, 5) is 24.4. The number of hydrogen-bond acceptors (Lipinski definition) is 5. The van der Waals surface area contributed by atoms with Crippen molar-refractivity contribution in [2.24, 2.45) is 0 Å². The van der Waals surface area contributed by atoms with E-state index in [0.717, 1.165) is 21.2 Å². The summed E-state index contributed by atoms with van der Waals surface area (Å²) >= 11 is 7.70. The van der Waals surface area contributed by atoms with Crippen molar-refractivity contribution in [1.29, 1.82) is 0 Å². The van der Waals surface area contributed by atoms with Gasteiger partial charge in [-0.15, -0.1) is 11.8 Å². The second kappa shape index (κ2) is 8.93. The summed E-state index contributed by atoms with van der Waals surface area (Å²) in [6.45, 7) is 0.150. The van der Waals surface area contributed by atoms with Crippen LogP contribution >= 0.6 is 23.4 Å². The molecular formula is C21H17ClO4S. The number of methoxy groups -OCH3 is 1. The Morgan fingerprint density at radius 2 is 1.70 bits per heavy atom. The fraction of sp³-hybridized carbons (Fsp3) is 0.143. The fourth-order valence-electron chi connectivity index (χ4n) is 2.58. The molecule has 0 aliphatic carbocycles. The molecule has 27 heavy (non-hydrogen) atoms. The molecule has 0 amide bonds. The highest BCUT2D eigenvalue weighted by Crippen LogP contribution is 2.33. The SMILES string of the molecule is COC(=O)c1ccc(COC(=O)CSc2cccc3cccc(Cl)c23)cc1. The van der Waals surface area contributed by atoms with Crippen LogP contribution in [0.5, 0.6) is 0 Å². The van der Waals surface area contributed by atoms with Gasteiger partial charge in [-0.3, -0.25) is 4.79 Å². The third kappa shape index (κ3) is 4.81. The minimum Gasteiger partial charge on any atom is -0.465 e. The van der Waals surface area contributed by atoms with E-state index in [1.807, 2.05) is 36.4 Å². The van der Waals surface area contributed by atoms with Crippen LogP contribution in [0.25, 0.3) is 10.8 Å². The molecular weight excluding hydrogens is 384 g/mol. The van der Waals surface area contributed by atoms with Gasteiger partial charge in [-0.05, 0) is 35.2 Å². The Hall–Kier alpha value is -2.50. The maximum Gasteiger partial charge on any atom is 0.337 e. The van der Waals surface area contributed by atoms with E-state index in [1.54, 1.807) is 24.3 Å². The number of hydrogen-bond donors (Lipinski definition) is 0. The van der Waals surface area contributed by atoms with E-state index in [2.05, 4.69) is 4.74 Å². The molecule has 138 valence electrons. The highest BCUT2D eigenvalue weighted by atomic mass is 35.5. The molecule has 0 radical (unpaired) electrons. The molecule has 0 N–H and O–H groups in total. The molecule has 0 bridgehead atoms. The summed E-state index contributed by atoms with van der Waals surface area (Å²) in [6, 6.07) is 18.3. The molecule has 0 aliphatic heterocycles. The molecule has 0 spiro atoms. The van der Waals surface area contributed by atoms with Crippen LogP contribution in [-0.2, 0) is 20.9 Å². The number of thioether (sulfide) groups is 1. The molecule has 4 nitrogen and oxygen atoms in total. The monoisotopic (exact) mass is 400 g/mol. The fourth-order valence-corrected chi connectivity index (χ4v) is 3.82. The zero-order valence-corrected chi connectivity index (χ0v) is 16.2. The summed E-state index contributed by atoms with van der Waals surface area (Å²) in [5.74, 6) is -0.533. The quantitative estimate of drug-likeness (QED) is 0.425. The van der Waals surface area contributed by atoms with Crippen molar-refractivity contribution in [3.63, 3.8) is 0 Å². The molecule has 0 saturated carbocycles. The molecule has 0 aromatic heterocycles. The summed E-state index contributed by atoms with van der Waals surface area (Å²) in [7, 11) is 1.33. The lowest BCUT2D eigenvalue weighted by atomic mass is 10.1. The van der Waals surface area contributed by atoms with Crippen molar-refractivity contribution < 1.29 is 19.1 Å². The smallest absolute Gasteiger partial charge is 0.337 e. The Morgan fingerprint density at radius 3 is 2.41 bits per heavy atom. The second-order valence-corrected chi connectivity index (χ2v) is 7.16. The molecule has 0 saturated heterocycles. The van der Waals surface area contributed by atoms with Gasteiger partial charge >= 0.3 is 11.9 Å². The van der Waals surface area contributed by atoms with Gasteiger partial charge < -0.3 is 9.47 Å². The van der Waals surface area contributed by atoms with E-state index in [-0.39, 0.29) is 18.3 Å². The Balaban J connectivity index is 1.57. The first-order chi connectivity index (χ1) is 13.1. The first-order valence-corrected chi connectivity index (χ1v) is 9.58. The minimum absolute atomic E-state index is 0.150. The molecule has 0 heterocycles. The number of fused-ring (bicyclic) bond motifs is 1. The number of esters is 2. The largest absolute Gasteiger partial charge is 0.465 e. The van der Waals surface area contributed by atoms with Crippen LogP contribution in [0.1, 0.15) is 15.9 Å². The molecule has 0 fully saturated rings. The highest BCUT2D eigenvalue weighted by molar-refractivity contribution is 8.00. The first kappa shape index (κ1) is 19.3. The minimum atomic E-state index is -0.399. The number of benzene rings is 3. The Morgan fingerprint density at radius 1 is 1.00 bits per heavy atom. The zero-order valence-electron chi connectivity index (χ0n) is 14.6. The average molecular weight is 401 g/mol. The lowest BCUT2D eigenvalue weighted by Crippen LogP contribution is -2.07. The van der Waals surface area contributed by atoms with Crippen molar-refractivity contribution in [3.05, 3.63) is 76.8 Å². The zero-order chi connectivity index (χ0) is 19.2. The number of halogens is 1. The van der Waals surface area contributed by atoms with Crippen LogP contribution in [0.2, 0.25) is 5.02 Å². The van der Waals surface area contributed by atoms with Crippen LogP contribution in [0.4, 0.5) is 0 Å². The third-order valence-electron chi connectivity index (χ3n) is 3.94. The van der Waals surface area contributed by atoms with Gasteiger partial charge in [0, 0.05) is 15.3 Å². The van der Waals surface area contributed by atoms with Crippen LogP contribution in [0.15, 0.2) is 65.6 Å². The van der Waals surface area contributed by atoms with E-state index < -0.39 is 5.97 Å². The van der Waals surface area contributed by atoms with E-state index in [0.29, 0.717) is 10.6 Å². The first-order valence-electron chi connectivity index (χ1n) is 8.21. The second-order valence-electron chi connectivity index (χ2n) is 5.73. The molecule has 3 aromatic rings. The van der Waals surface area contributed by atoms with Gasteiger partial charge in [-0.1, -0.05) is 48.0 Å². The molecule has 0 aliphatic rings. The summed E-state index contributed by atoms with van der Waals surface area (Å²) in [5, 5.41) is 2.64. The van der Waals surface area contributed by atoms with Crippen LogP contribution < -0.4 is 0 Å². The lowest BCUT2D eigenvalue weighted by molar-refractivity contribution is -0.141. The Labute approximate surface area is 166 Å². The van der Waals surface area contributed by atoms with Crippen molar-refractivity contribution in [1.82, 2.24) is 0 Å². The molecule has 3 rings (SSSR count). The van der Waals surface area contributed by atoms with Crippen LogP contribution in [-0.4, -0.2) is 24.8 Å². The molecule has 0 atom stereocenters. The maximum atomic E-state index is 12.1. The Bertz CT molecular complexity index is 964. The summed E-state index contributed by atoms with van der Waals surface area (Å²) in [6.07, 6.45) is 0. The average Bonchev–Trinajstić information content (AvgIpc) is 2.70. The summed E-state index contributed by atoms with van der Waals surface area (Å²) in [5.41, 5.74) is 1.25. The maximum absolute atomic E-state index is 12.1. The van der Waals surface area contributed by atoms with E-state index in [9.17, 15) is 9.59 Å². The van der Waals surface area contributed by atoms with Crippen molar-refractivity contribution in [3.8, 4) is 0 Å². The molecule has 6 heteroatoms. The normalized spacial score (nSPS) is 10.6. The third-order valence-corrected chi connectivity index (χ3v) is 5.28. The predicted molar refractivity (Wildman–Crippen MR) is 107 cm³/mol. The van der Waals surface area contributed by atoms with Gasteiger partial charge in [0.2, 0.25) is 0 Å². The van der Waals surface area contributed by atoms with Gasteiger partial charge in [0.1, 0.15) is 6.61 Å². The molecule has 0 unspecified atom stereocenters. The van der Waals surface area contributed by atoms with Gasteiger partial charge in [0.05, 0.1) is 18.4 Å². The number of carbonyl (C=O) groups excluding carboxylic acids is 2. The number of carbonyl (C=O) groups is 2. The Kier molecular flexibility index (Phi) is 6.37. The van der Waals surface area contributed by atoms with E-state index in [1.165, 1.54) is 18.9 Å². The van der Waals surface area contributed by atoms with Gasteiger partial charge in [-0.2, -0.15) is 0 Å². The van der Waals surface area contributed by atoms with Gasteiger partial charge in [0.25, 0.3) is 0 Å². The highest BCUT2D eigenvalue weighted by Gasteiger charge is 2.10. The predicted octanol–water partition coefficient (Wildman–Crippen LogP) is 5.12. The summed E-state index contributed by atoms with van der Waals surface area (Å²) < 4.78 is 9.96. The number of rotatable bonds is 6. The van der Waals surface area contributed by atoms with Gasteiger partial charge in [-0.25, -0.2) is 4.79 Å². The van der Waals surface area contributed by atoms with Crippen molar-refractivity contribution in [2.75, 3.05) is 12.9 Å². The standard InChI is InChI=1S/C21H17ClO4S/c1-25-21(24)16-10-8-14(9-11-16)12-26-19(23)13-27-18-7-3-5-15-4-2-6-17(22)20(15)18/h2-11H,12-13H2,1H3. The molecule has 3 aromatic carbocycles. The van der Waals surface area contributed by atoms with Gasteiger partial charge in [0.15, 0.2) is 0 Å². The van der Waals surface area contributed by atoms with Crippen LogP contribution in [0, 0.1) is 0 Å². The lowest BCUT2D eigenvalue weighted by Gasteiger charge is -2.09. The van der Waals surface area contributed by atoms with Crippen molar-refractivity contribution in [2.45, 2.75) is 11.5 Å². The van der Waals surface area contributed by atoms with Crippen LogP contribution in [0.3, 0.4) is 0 Å². The van der Waals surface area contributed by atoms with Crippen molar-refractivity contribution >= 4 is 46.1 Å². The van der Waals surface area contributed by atoms with E-state index >= 15 is 0 Å².